The summed E-state index contributed by atoms with van der Waals surface area (Å²) >= 11 is 42.7. The Kier molecular flexibility index (Phi) is 6.48. The Morgan fingerprint density at radius 1 is 0.783 bits per heavy atom. The fourth-order valence-corrected chi connectivity index (χ4v) is 4.36. The molecule has 0 aliphatic rings. The number of nitro benzene ring substituents is 1. The van der Waals surface area contributed by atoms with Crippen LogP contribution in [0.3, 0.4) is 0 Å². The van der Waals surface area contributed by atoms with E-state index in [0.29, 0.717) is 4.90 Å². The lowest BCUT2D eigenvalue weighted by atomic mass is 10.3. The zero-order valence-corrected chi connectivity index (χ0v) is 16.6. The largest absolute Gasteiger partial charge is 0.286 e. The standard InChI is InChI=1S/C12H2Cl7NO2S/c13-3-1-5(20(21)22)12(11(19)8(3)16)23-6-2-4(14)7(15)10(18)9(6)17/h1-2H. The average molecular weight is 472 g/mol. The normalized spacial score (nSPS) is 10.9. The first-order chi connectivity index (χ1) is 10.6. The van der Waals surface area contributed by atoms with Crippen molar-refractivity contribution in [3.05, 3.63) is 57.4 Å². The highest BCUT2D eigenvalue weighted by Crippen LogP contribution is 2.50. The zero-order valence-electron chi connectivity index (χ0n) is 10.5. The molecule has 0 spiro atoms. The molecule has 0 atom stereocenters. The van der Waals surface area contributed by atoms with Crippen LogP contribution < -0.4 is 0 Å². The second-order valence-electron chi connectivity index (χ2n) is 3.99. The van der Waals surface area contributed by atoms with Crippen molar-refractivity contribution in [2.45, 2.75) is 9.79 Å². The molecule has 0 N–H and O–H groups in total. The van der Waals surface area contributed by atoms with E-state index < -0.39 is 4.92 Å². The maximum atomic E-state index is 11.2. The van der Waals surface area contributed by atoms with Gasteiger partial charge in [-0.15, -0.1) is 0 Å². The van der Waals surface area contributed by atoms with Crippen LogP contribution in [0.2, 0.25) is 35.2 Å². The van der Waals surface area contributed by atoms with Crippen molar-refractivity contribution in [2.75, 3.05) is 0 Å². The molecule has 0 bridgehead atoms. The highest BCUT2D eigenvalue weighted by Gasteiger charge is 2.25. The Morgan fingerprint density at radius 2 is 1.30 bits per heavy atom. The van der Waals surface area contributed by atoms with Crippen LogP contribution in [0.5, 0.6) is 0 Å². The third-order valence-electron chi connectivity index (χ3n) is 2.58. The van der Waals surface area contributed by atoms with Gasteiger partial charge in [0.2, 0.25) is 0 Å². The van der Waals surface area contributed by atoms with Crippen molar-refractivity contribution in [1.82, 2.24) is 0 Å². The summed E-state index contributed by atoms with van der Waals surface area (Å²) in [6.45, 7) is 0. The van der Waals surface area contributed by atoms with Gasteiger partial charge in [-0.25, -0.2) is 0 Å². The van der Waals surface area contributed by atoms with Crippen LogP contribution in [-0.4, -0.2) is 4.92 Å². The first kappa shape index (κ1) is 19.5. The molecular weight excluding hydrogens is 470 g/mol. The van der Waals surface area contributed by atoms with E-state index in [0.717, 1.165) is 17.8 Å². The minimum absolute atomic E-state index is 0.0105. The molecule has 0 fully saturated rings. The van der Waals surface area contributed by atoms with Crippen LogP contribution in [0.15, 0.2) is 21.9 Å². The summed E-state index contributed by atoms with van der Waals surface area (Å²) in [6.07, 6.45) is 0. The minimum atomic E-state index is -0.635. The molecule has 0 aliphatic carbocycles. The Morgan fingerprint density at radius 3 is 1.87 bits per heavy atom. The number of halogens is 7. The second-order valence-corrected chi connectivity index (χ2v) is 7.75. The Bertz CT molecular complexity index is 828. The highest BCUT2D eigenvalue weighted by molar-refractivity contribution is 7.99. The van der Waals surface area contributed by atoms with E-state index >= 15 is 0 Å². The van der Waals surface area contributed by atoms with Gasteiger partial charge < -0.3 is 0 Å². The van der Waals surface area contributed by atoms with Crippen LogP contribution in [-0.2, 0) is 0 Å². The van der Waals surface area contributed by atoms with Crippen molar-refractivity contribution in [2.24, 2.45) is 0 Å². The Hall–Kier alpha value is 0.220. The van der Waals surface area contributed by atoms with E-state index in [1.165, 1.54) is 6.07 Å². The van der Waals surface area contributed by atoms with Gasteiger partial charge in [0.1, 0.15) is 4.90 Å². The van der Waals surface area contributed by atoms with E-state index in [2.05, 4.69) is 0 Å². The van der Waals surface area contributed by atoms with E-state index in [1.54, 1.807) is 0 Å². The van der Waals surface area contributed by atoms with Crippen LogP contribution in [0, 0.1) is 10.1 Å². The number of benzene rings is 2. The van der Waals surface area contributed by atoms with Crippen molar-refractivity contribution in [1.29, 1.82) is 0 Å². The molecule has 3 nitrogen and oxygen atoms in total. The van der Waals surface area contributed by atoms with Crippen molar-refractivity contribution in [3.8, 4) is 0 Å². The molecule has 0 unspecified atom stereocenters. The van der Waals surface area contributed by atoms with Gasteiger partial charge >= 0.3 is 0 Å². The van der Waals surface area contributed by atoms with E-state index in [4.69, 9.17) is 81.2 Å². The van der Waals surface area contributed by atoms with Crippen molar-refractivity contribution in [3.63, 3.8) is 0 Å². The van der Waals surface area contributed by atoms with Crippen molar-refractivity contribution < 1.29 is 4.92 Å². The van der Waals surface area contributed by atoms with Gasteiger partial charge in [-0.3, -0.25) is 10.1 Å². The van der Waals surface area contributed by atoms with Gasteiger partial charge in [0.15, 0.2) is 0 Å². The number of hydrogen-bond acceptors (Lipinski definition) is 3. The average Bonchev–Trinajstić information content (AvgIpc) is 2.50. The smallest absolute Gasteiger partial charge is 0.258 e. The predicted octanol–water partition coefficient (Wildman–Crippen LogP) is 8.32. The summed E-state index contributed by atoms with van der Waals surface area (Å²) in [5.41, 5.74) is -0.326. The molecule has 0 saturated heterocycles. The molecule has 11 heteroatoms. The lowest BCUT2D eigenvalue weighted by Gasteiger charge is -2.11. The predicted molar refractivity (Wildman–Crippen MR) is 98.7 cm³/mol. The molecular formula is C12H2Cl7NO2S. The first-order valence-electron chi connectivity index (χ1n) is 5.47. The Balaban J connectivity index is 2.66. The summed E-state index contributed by atoms with van der Waals surface area (Å²) in [5.74, 6) is 0. The number of hydrogen-bond donors (Lipinski definition) is 0. The lowest BCUT2D eigenvalue weighted by Crippen LogP contribution is -1.93. The highest BCUT2D eigenvalue weighted by atomic mass is 35.5. The van der Waals surface area contributed by atoms with Crippen LogP contribution in [0.1, 0.15) is 0 Å². The SMILES string of the molecule is O=[N+]([O-])c1cc(Cl)c(Cl)c(Cl)c1Sc1cc(Cl)c(Cl)c(Cl)c1Cl. The monoisotopic (exact) mass is 469 g/mol. The molecule has 23 heavy (non-hydrogen) atoms. The first-order valence-corrected chi connectivity index (χ1v) is 8.94. The zero-order chi connectivity index (χ0) is 17.5. The summed E-state index contributed by atoms with van der Waals surface area (Å²) in [7, 11) is 0. The van der Waals surface area contributed by atoms with Gasteiger partial charge in [-0.2, -0.15) is 0 Å². The summed E-state index contributed by atoms with van der Waals surface area (Å²) in [6, 6.07) is 2.52. The van der Waals surface area contributed by atoms with E-state index in [-0.39, 0.29) is 45.7 Å². The molecule has 122 valence electrons. The number of nitrogens with zero attached hydrogens (tertiary/aromatic N) is 1. The van der Waals surface area contributed by atoms with Gasteiger partial charge in [-0.05, 0) is 6.07 Å². The summed E-state index contributed by atoms with van der Waals surface area (Å²) in [5, 5.41) is 11.4. The fourth-order valence-electron chi connectivity index (χ4n) is 1.53. The molecule has 0 aliphatic heterocycles. The molecule has 0 amide bonds. The van der Waals surface area contributed by atoms with Gasteiger partial charge in [0, 0.05) is 11.0 Å². The molecule has 2 aromatic rings. The molecule has 0 aromatic heterocycles. The van der Waals surface area contributed by atoms with Crippen LogP contribution in [0.25, 0.3) is 0 Å². The quantitative estimate of drug-likeness (QED) is 0.195. The van der Waals surface area contributed by atoms with Crippen LogP contribution in [0.4, 0.5) is 5.69 Å². The van der Waals surface area contributed by atoms with Gasteiger partial charge in [0.25, 0.3) is 5.69 Å². The maximum absolute atomic E-state index is 11.2. The topological polar surface area (TPSA) is 43.1 Å². The molecule has 0 radical (unpaired) electrons. The van der Waals surface area contributed by atoms with Gasteiger partial charge in [-0.1, -0.05) is 93.0 Å². The summed E-state index contributed by atoms with van der Waals surface area (Å²) < 4.78 is 0. The van der Waals surface area contributed by atoms with E-state index in [1.807, 2.05) is 0 Å². The summed E-state index contributed by atoms with van der Waals surface area (Å²) in [4.78, 5) is 11.0. The Labute approximate surface area is 169 Å². The lowest BCUT2D eigenvalue weighted by molar-refractivity contribution is -0.387. The number of nitro groups is 1. The third kappa shape index (κ3) is 3.91. The van der Waals surface area contributed by atoms with E-state index in [9.17, 15) is 10.1 Å². The van der Waals surface area contributed by atoms with Crippen molar-refractivity contribution >= 4 is 98.7 Å². The number of rotatable bonds is 3. The molecule has 0 heterocycles. The third-order valence-corrected chi connectivity index (χ3v) is 6.97. The fraction of sp³-hybridized carbons (Fsp3) is 0. The minimum Gasteiger partial charge on any atom is -0.258 e. The maximum Gasteiger partial charge on any atom is 0.286 e. The molecule has 2 aromatic carbocycles. The molecule has 0 saturated carbocycles. The van der Waals surface area contributed by atoms with Gasteiger partial charge in [0.05, 0.1) is 40.1 Å². The molecule has 2 rings (SSSR count). The second kappa shape index (κ2) is 7.63. The van der Waals surface area contributed by atoms with Crippen LogP contribution >= 0.6 is 93.0 Å².